The van der Waals surface area contributed by atoms with Crippen LogP contribution in [0.15, 0.2) is 12.2 Å². The van der Waals surface area contributed by atoms with Crippen molar-refractivity contribution in [3.05, 3.63) is 12.2 Å². The van der Waals surface area contributed by atoms with Crippen molar-refractivity contribution in [3.63, 3.8) is 0 Å². The number of aliphatic hydroxyl groups excluding tert-OH is 1. The van der Waals surface area contributed by atoms with Crippen LogP contribution in [-0.2, 0) is 28.7 Å². The number of ketones is 1. The smallest absolute Gasteiger partial charge is 0.317 e. The van der Waals surface area contributed by atoms with Crippen molar-refractivity contribution in [2.24, 2.45) is 34.0 Å². The second-order valence-electron chi connectivity index (χ2n) is 9.75. The van der Waals surface area contributed by atoms with Crippen LogP contribution in [-0.4, -0.2) is 52.2 Å². The minimum atomic E-state index is -1.34. The lowest BCUT2D eigenvalue weighted by Gasteiger charge is -2.44. The molecular formula is C21H24O8. The monoisotopic (exact) mass is 404 g/mol. The standard InChI is InChI=1S/C21H24O8/c1-10(23)28-13-4-6-21-11-3-5-19(9-22)8-20(11,7-12(19)24)14(16(25)26)15(21)18(13,2)17(27)29-21/h4,6,11,13-15,22H,3,5,7-9H2,1-2H3,(H,25,26)/t11-,13+,14-,15-,18+,19+,20?,21?/m1/s1. The Balaban J connectivity index is 1.72. The molecule has 4 bridgehead atoms. The van der Waals surface area contributed by atoms with E-state index in [9.17, 15) is 29.4 Å². The first-order chi connectivity index (χ1) is 13.6. The van der Waals surface area contributed by atoms with Gasteiger partial charge < -0.3 is 19.7 Å². The van der Waals surface area contributed by atoms with Crippen LogP contribution in [0, 0.1) is 34.0 Å². The van der Waals surface area contributed by atoms with E-state index in [4.69, 9.17) is 9.47 Å². The summed E-state index contributed by atoms with van der Waals surface area (Å²) < 4.78 is 11.3. The number of carboxylic acid groups (broad SMARTS) is 1. The maximum absolute atomic E-state index is 13.1. The number of aliphatic carboxylic acids is 1. The first-order valence-corrected chi connectivity index (χ1v) is 10.0. The molecule has 5 rings (SSSR count). The Hall–Kier alpha value is -2.22. The molecule has 8 heteroatoms. The second-order valence-corrected chi connectivity index (χ2v) is 9.75. The molecule has 1 heterocycles. The number of rotatable bonds is 3. The Morgan fingerprint density at radius 2 is 2.07 bits per heavy atom. The first kappa shape index (κ1) is 18.8. The molecule has 156 valence electrons. The number of carbonyl (C=O) groups is 4. The zero-order valence-electron chi connectivity index (χ0n) is 16.3. The Kier molecular flexibility index (Phi) is 3.42. The zero-order chi connectivity index (χ0) is 21.0. The van der Waals surface area contributed by atoms with Crippen LogP contribution in [0.4, 0.5) is 0 Å². The molecule has 2 unspecified atom stereocenters. The van der Waals surface area contributed by atoms with Crippen LogP contribution in [0.1, 0.15) is 39.5 Å². The van der Waals surface area contributed by atoms with E-state index in [0.717, 1.165) is 0 Å². The van der Waals surface area contributed by atoms with E-state index in [1.807, 2.05) is 0 Å². The van der Waals surface area contributed by atoms with Crippen LogP contribution < -0.4 is 0 Å². The Morgan fingerprint density at radius 3 is 2.69 bits per heavy atom. The Morgan fingerprint density at radius 1 is 1.34 bits per heavy atom. The molecule has 29 heavy (non-hydrogen) atoms. The third-order valence-electron chi connectivity index (χ3n) is 8.68. The molecular weight excluding hydrogens is 380 g/mol. The van der Waals surface area contributed by atoms with E-state index in [0.29, 0.717) is 12.8 Å². The number of Topliss-reactive ketones (excluding diaryl/α,β-unsaturated/α-hetero) is 1. The number of ether oxygens (including phenoxy) is 2. The van der Waals surface area contributed by atoms with E-state index in [1.54, 1.807) is 19.1 Å². The highest BCUT2D eigenvalue weighted by atomic mass is 16.6. The van der Waals surface area contributed by atoms with E-state index >= 15 is 0 Å². The molecule has 0 aromatic carbocycles. The van der Waals surface area contributed by atoms with Crippen LogP contribution in [0.2, 0.25) is 0 Å². The van der Waals surface area contributed by atoms with Gasteiger partial charge >= 0.3 is 17.9 Å². The lowest BCUT2D eigenvalue weighted by molar-refractivity contribution is -0.167. The van der Waals surface area contributed by atoms with Crippen molar-refractivity contribution >= 4 is 23.7 Å². The summed E-state index contributed by atoms with van der Waals surface area (Å²) in [6, 6.07) is 0. The van der Waals surface area contributed by atoms with E-state index < -0.39 is 57.7 Å². The summed E-state index contributed by atoms with van der Waals surface area (Å²) in [7, 11) is 0. The van der Waals surface area contributed by atoms with Crippen molar-refractivity contribution < 1.29 is 38.9 Å². The molecule has 0 aromatic heterocycles. The molecule has 8 nitrogen and oxygen atoms in total. The van der Waals surface area contributed by atoms with Crippen LogP contribution in [0.5, 0.6) is 0 Å². The summed E-state index contributed by atoms with van der Waals surface area (Å²) in [6.07, 6.45) is 3.73. The molecule has 2 N–H and O–H groups in total. The number of carboxylic acids is 1. The molecule has 8 atom stereocenters. The van der Waals surface area contributed by atoms with Gasteiger partial charge in [-0.25, -0.2) is 0 Å². The fourth-order valence-corrected chi connectivity index (χ4v) is 7.66. The summed E-state index contributed by atoms with van der Waals surface area (Å²) in [6.45, 7) is 2.55. The molecule has 1 saturated heterocycles. The third-order valence-corrected chi connectivity index (χ3v) is 8.68. The SMILES string of the molecule is CC(=O)O[C@H]1C=CC23OC(=O)[C@]1(C)[C@H]2[C@H](C(=O)O)C12CC(=O)[C@@](CO)(CC[C@H]13)C2. The fourth-order valence-electron chi connectivity index (χ4n) is 7.66. The lowest BCUT2D eigenvalue weighted by atomic mass is 9.59. The lowest BCUT2D eigenvalue weighted by Crippen LogP contribution is -2.52. The molecule has 4 aliphatic carbocycles. The number of hydrogen-bond donors (Lipinski definition) is 2. The Labute approximate surface area is 167 Å². The van der Waals surface area contributed by atoms with Gasteiger partial charge in [0.1, 0.15) is 22.9 Å². The second kappa shape index (κ2) is 5.28. The minimum Gasteiger partial charge on any atom is -0.481 e. The van der Waals surface area contributed by atoms with Gasteiger partial charge in [-0.1, -0.05) is 0 Å². The number of esters is 2. The third kappa shape index (κ3) is 1.85. The summed E-state index contributed by atoms with van der Waals surface area (Å²) in [5, 5.41) is 20.3. The summed E-state index contributed by atoms with van der Waals surface area (Å²) >= 11 is 0. The summed E-state index contributed by atoms with van der Waals surface area (Å²) in [5.41, 5.74) is -4.26. The highest BCUT2D eigenvalue weighted by molar-refractivity contribution is 5.92. The maximum atomic E-state index is 13.1. The first-order valence-electron chi connectivity index (χ1n) is 10.0. The Bertz CT molecular complexity index is 893. The molecule has 0 radical (unpaired) electrons. The quantitative estimate of drug-likeness (QED) is 0.524. The predicted molar refractivity (Wildman–Crippen MR) is 95.2 cm³/mol. The van der Waals surface area contributed by atoms with E-state index in [1.165, 1.54) is 6.92 Å². The maximum Gasteiger partial charge on any atom is 0.317 e. The zero-order valence-corrected chi connectivity index (χ0v) is 16.3. The van der Waals surface area contributed by atoms with Gasteiger partial charge in [0.05, 0.1) is 17.9 Å². The molecule has 3 saturated carbocycles. The van der Waals surface area contributed by atoms with Gasteiger partial charge in [-0.05, 0) is 43.8 Å². The molecule has 1 aliphatic heterocycles. The van der Waals surface area contributed by atoms with Gasteiger partial charge in [0.25, 0.3) is 0 Å². The number of fused-ring (bicyclic) bond motifs is 1. The minimum absolute atomic E-state index is 0.0626. The summed E-state index contributed by atoms with van der Waals surface area (Å²) in [5.74, 6) is -4.40. The van der Waals surface area contributed by atoms with E-state index in [2.05, 4.69) is 0 Å². The average Bonchev–Trinajstić information content (AvgIpc) is 3.08. The van der Waals surface area contributed by atoms with Crippen molar-refractivity contribution in [2.75, 3.05) is 6.61 Å². The van der Waals surface area contributed by atoms with Crippen LogP contribution >= 0.6 is 0 Å². The highest BCUT2D eigenvalue weighted by Gasteiger charge is 2.84. The molecule has 5 aliphatic rings. The topological polar surface area (TPSA) is 127 Å². The number of carbonyl (C=O) groups excluding carboxylic acids is 3. The largest absolute Gasteiger partial charge is 0.481 e. The summed E-state index contributed by atoms with van der Waals surface area (Å²) in [4.78, 5) is 50.2. The van der Waals surface area contributed by atoms with Crippen LogP contribution in [0.3, 0.4) is 0 Å². The normalized spacial score (nSPS) is 51.4. The van der Waals surface area contributed by atoms with Gasteiger partial charge in [0.15, 0.2) is 0 Å². The van der Waals surface area contributed by atoms with Crippen molar-refractivity contribution in [1.82, 2.24) is 0 Å². The fraction of sp³-hybridized carbons (Fsp3) is 0.714. The molecule has 4 fully saturated rings. The van der Waals surface area contributed by atoms with Gasteiger partial charge in [-0.3, -0.25) is 19.2 Å². The van der Waals surface area contributed by atoms with Crippen molar-refractivity contribution in [3.8, 4) is 0 Å². The van der Waals surface area contributed by atoms with Gasteiger partial charge in [0, 0.05) is 25.2 Å². The molecule has 0 aromatic rings. The van der Waals surface area contributed by atoms with Crippen molar-refractivity contribution in [2.45, 2.75) is 51.2 Å². The predicted octanol–water partition coefficient (Wildman–Crippen LogP) is 0.858. The van der Waals surface area contributed by atoms with Crippen LogP contribution in [0.25, 0.3) is 0 Å². The van der Waals surface area contributed by atoms with E-state index in [-0.39, 0.29) is 31.1 Å². The van der Waals surface area contributed by atoms with Gasteiger partial charge in [-0.15, -0.1) is 0 Å². The van der Waals surface area contributed by atoms with Gasteiger partial charge in [0.2, 0.25) is 0 Å². The highest BCUT2D eigenvalue weighted by Crippen LogP contribution is 2.77. The average molecular weight is 404 g/mol. The van der Waals surface area contributed by atoms with Gasteiger partial charge in [-0.2, -0.15) is 0 Å². The molecule has 1 spiro atoms. The van der Waals surface area contributed by atoms with Crippen molar-refractivity contribution in [1.29, 1.82) is 0 Å². The molecule has 0 amide bonds. The number of hydrogen-bond acceptors (Lipinski definition) is 7. The number of aliphatic hydroxyl groups is 1.